The van der Waals surface area contributed by atoms with Gasteiger partial charge in [0.15, 0.2) is 5.65 Å². The number of nitrogens with zero attached hydrogens (tertiary/aromatic N) is 4. The molecule has 0 saturated carbocycles. The molecule has 0 fully saturated rings. The molecular weight excluding hydrogens is 293 g/mol. The van der Waals surface area contributed by atoms with Crippen LogP contribution < -0.4 is 5.73 Å². The molecule has 0 radical (unpaired) electrons. The predicted molar refractivity (Wildman–Crippen MR) is 81.2 cm³/mol. The molecule has 0 bridgehead atoms. The van der Waals surface area contributed by atoms with Crippen LogP contribution in [-0.4, -0.2) is 19.3 Å². The maximum atomic E-state index is 13.7. The van der Waals surface area contributed by atoms with Crippen molar-refractivity contribution < 1.29 is 4.39 Å². The Hall–Kier alpha value is -2.08. The van der Waals surface area contributed by atoms with Gasteiger partial charge in [0, 0.05) is 7.05 Å². The van der Waals surface area contributed by atoms with Gasteiger partial charge in [0.25, 0.3) is 0 Å². The standard InChI is InChI=1S/C14H15ClFN5/c1-3-4-11-12-13(20(2)19-11)21(14(17)18-12)8-5-6-9(15)10(16)7-8/h5-7H,3-4H2,1-2H3,(H2,17,18). The van der Waals surface area contributed by atoms with Gasteiger partial charge >= 0.3 is 0 Å². The number of imidazole rings is 1. The third-order valence-corrected chi connectivity index (χ3v) is 3.68. The summed E-state index contributed by atoms with van der Waals surface area (Å²) in [7, 11) is 1.82. The number of hydrogen-bond acceptors (Lipinski definition) is 3. The smallest absolute Gasteiger partial charge is 0.207 e. The van der Waals surface area contributed by atoms with Crippen molar-refractivity contribution >= 4 is 28.7 Å². The number of fused-ring (bicyclic) bond motifs is 1. The van der Waals surface area contributed by atoms with Crippen LogP contribution in [0.2, 0.25) is 5.02 Å². The van der Waals surface area contributed by atoms with Crippen molar-refractivity contribution in [2.75, 3.05) is 5.73 Å². The monoisotopic (exact) mass is 307 g/mol. The van der Waals surface area contributed by atoms with E-state index in [4.69, 9.17) is 17.3 Å². The normalized spacial score (nSPS) is 11.4. The average Bonchev–Trinajstić information content (AvgIpc) is 2.92. The van der Waals surface area contributed by atoms with E-state index in [0.717, 1.165) is 29.7 Å². The first-order valence-corrected chi connectivity index (χ1v) is 7.06. The van der Waals surface area contributed by atoms with Crippen molar-refractivity contribution in [1.82, 2.24) is 19.3 Å². The molecule has 3 rings (SSSR count). The number of nitrogen functional groups attached to an aromatic ring is 1. The molecule has 2 heterocycles. The van der Waals surface area contributed by atoms with Gasteiger partial charge in [-0.3, -0.25) is 4.57 Å². The van der Waals surface area contributed by atoms with Crippen LogP contribution in [0, 0.1) is 5.82 Å². The summed E-state index contributed by atoms with van der Waals surface area (Å²) in [5, 5.41) is 4.54. The number of benzene rings is 1. The van der Waals surface area contributed by atoms with E-state index in [0.29, 0.717) is 11.6 Å². The highest BCUT2D eigenvalue weighted by Crippen LogP contribution is 2.27. The molecule has 0 aliphatic carbocycles. The molecule has 21 heavy (non-hydrogen) atoms. The van der Waals surface area contributed by atoms with Gasteiger partial charge in [-0.05, 0) is 24.6 Å². The number of hydrogen-bond donors (Lipinski definition) is 1. The number of nitrogens with two attached hydrogens (primary N) is 1. The van der Waals surface area contributed by atoms with Crippen LogP contribution in [0.25, 0.3) is 16.9 Å². The zero-order chi connectivity index (χ0) is 15.1. The van der Waals surface area contributed by atoms with Crippen molar-refractivity contribution in [3.63, 3.8) is 0 Å². The molecule has 0 aliphatic rings. The minimum atomic E-state index is -0.494. The minimum Gasteiger partial charge on any atom is -0.369 e. The van der Waals surface area contributed by atoms with Gasteiger partial charge in [0.05, 0.1) is 16.4 Å². The first kappa shape index (κ1) is 13.9. The average molecular weight is 308 g/mol. The lowest BCUT2D eigenvalue weighted by atomic mass is 10.2. The summed E-state index contributed by atoms with van der Waals surface area (Å²) in [6, 6.07) is 4.54. The molecule has 0 atom stereocenters. The zero-order valence-corrected chi connectivity index (χ0v) is 12.5. The highest BCUT2D eigenvalue weighted by Gasteiger charge is 2.19. The van der Waals surface area contributed by atoms with E-state index in [9.17, 15) is 4.39 Å². The molecule has 0 unspecified atom stereocenters. The second-order valence-corrected chi connectivity index (χ2v) is 5.30. The van der Waals surface area contributed by atoms with E-state index >= 15 is 0 Å². The largest absolute Gasteiger partial charge is 0.369 e. The third-order valence-electron chi connectivity index (χ3n) is 3.38. The molecule has 0 spiro atoms. The van der Waals surface area contributed by atoms with Crippen molar-refractivity contribution in [1.29, 1.82) is 0 Å². The fourth-order valence-corrected chi connectivity index (χ4v) is 2.60. The molecule has 5 nitrogen and oxygen atoms in total. The topological polar surface area (TPSA) is 61.7 Å². The van der Waals surface area contributed by atoms with Crippen LogP contribution in [0.1, 0.15) is 19.0 Å². The Morgan fingerprint density at radius 2 is 2.14 bits per heavy atom. The van der Waals surface area contributed by atoms with Crippen LogP contribution in [-0.2, 0) is 13.5 Å². The second kappa shape index (κ2) is 5.04. The van der Waals surface area contributed by atoms with Gasteiger partial charge in [0.2, 0.25) is 5.95 Å². The fourth-order valence-electron chi connectivity index (χ4n) is 2.48. The quantitative estimate of drug-likeness (QED) is 0.809. The van der Waals surface area contributed by atoms with Gasteiger partial charge in [-0.25, -0.2) is 14.1 Å². The Balaban J connectivity index is 2.27. The molecule has 1 aromatic carbocycles. The highest BCUT2D eigenvalue weighted by molar-refractivity contribution is 6.30. The van der Waals surface area contributed by atoms with Crippen molar-refractivity contribution in [3.8, 4) is 5.69 Å². The summed E-state index contributed by atoms with van der Waals surface area (Å²) in [5.74, 6) is -0.191. The maximum absolute atomic E-state index is 13.7. The van der Waals surface area contributed by atoms with Crippen molar-refractivity contribution in [2.24, 2.45) is 7.05 Å². The van der Waals surface area contributed by atoms with Gasteiger partial charge in [-0.15, -0.1) is 0 Å². The fraction of sp³-hybridized carbons (Fsp3) is 0.286. The van der Waals surface area contributed by atoms with Gasteiger partial charge in [-0.2, -0.15) is 5.10 Å². The van der Waals surface area contributed by atoms with E-state index < -0.39 is 5.82 Å². The molecule has 0 saturated heterocycles. The van der Waals surface area contributed by atoms with E-state index in [1.165, 1.54) is 12.1 Å². The summed E-state index contributed by atoms with van der Waals surface area (Å²) in [6.07, 6.45) is 1.79. The summed E-state index contributed by atoms with van der Waals surface area (Å²) in [6.45, 7) is 2.08. The SMILES string of the molecule is CCCc1nn(C)c2c1nc(N)n2-c1ccc(Cl)c(F)c1. The number of halogens is 2. The minimum absolute atomic E-state index is 0.0744. The molecule has 2 N–H and O–H groups in total. The molecule has 2 aromatic heterocycles. The summed E-state index contributed by atoms with van der Waals surface area (Å²) in [4.78, 5) is 4.38. The van der Waals surface area contributed by atoms with E-state index in [1.54, 1.807) is 15.3 Å². The van der Waals surface area contributed by atoms with Gasteiger partial charge in [0.1, 0.15) is 11.3 Å². The number of aromatic nitrogens is 4. The van der Waals surface area contributed by atoms with Gasteiger partial charge < -0.3 is 5.73 Å². The molecule has 0 aliphatic heterocycles. The summed E-state index contributed by atoms with van der Waals surface area (Å²) >= 11 is 5.73. The molecular formula is C14H15ClFN5. The Morgan fingerprint density at radius 1 is 1.38 bits per heavy atom. The molecule has 7 heteroatoms. The highest BCUT2D eigenvalue weighted by atomic mass is 35.5. The lowest BCUT2D eigenvalue weighted by molar-refractivity contribution is 0.627. The van der Waals surface area contributed by atoms with Crippen LogP contribution in [0.5, 0.6) is 0 Å². The predicted octanol–water partition coefficient (Wildman–Crippen LogP) is 3.09. The number of aryl methyl sites for hydroxylation is 2. The lowest BCUT2D eigenvalue weighted by Crippen LogP contribution is -2.05. The second-order valence-electron chi connectivity index (χ2n) is 4.90. The van der Waals surface area contributed by atoms with Gasteiger partial charge in [-0.1, -0.05) is 24.9 Å². The Kier molecular flexibility index (Phi) is 3.33. The summed E-state index contributed by atoms with van der Waals surface area (Å²) < 4.78 is 17.1. The number of rotatable bonds is 3. The first-order valence-electron chi connectivity index (χ1n) is 6.68. The first-order chi connectivity index (χ1) is 10.0. The molecule has 3 aromatic rings. The molecule has 110 valence electrons. The lowest BCUT2D eigenvalue weighted by Gasteiger charge is -2.07. The molecule has 0 amide bonds. The van der Waals surface area contributed by atoms with E-state index in [2.05, 4.69) is 17.0 Å². The number of anilines is 1. The van der Waals surface area contributed by atoms with Crippen LogP contribution in [0.3, 0.4) is 0 Å². The Bertz CT molecular complexity index is 820. The van der Waals surface area contributed by atoms with E-state index in [-0.39, 0.29) is 5.02 Å². The maximum Gasteiger partial charge on any atom is 0.207 e. The Labute approximate surface area is 126 Å². The van der Waals surface area contributed by atoms with Crippen molar-refractivity contribution in [3.05, 3.63) is 34.7 Å². The van der Waals surface area contributed by atoms with E-state index in [1.807, 2.05) is 7.05 Å². The van der Waals surface area contributed by atoms with Crippen LogP contribution >= 0.6 is 11.6 Å². The Morgan fingerprint density at radius 3 is 2.81 bits per heavy atom. The summed E-state index contributed by atoms with van der Waals surface area (Å²) in [5.41, 5.74) is 8.98. The van der Waals surface area contributed by atoms with Crippen LogP contribution in [0.4, 0.5) is 10.3 Å². The van der Waals surface area contributed by atoms with Crippen LogP contribution in [0.15, 0.2) is 18.2 Å². The third kappa shape index (κ3) is 2.15. The zero-order valence-electron chi connectivity index (χ0n) is 11.8. The van der Waals surface area contributed by atoms with Crippen molar-refractivity contribution in [2.45, 2.75) is 19.8 Å².